The standard InChI is InChI=1S/C11H20N2O2/c1-10(2,3)15-9(14)4-13-7-11(8-13)5-12-6-11/h12H,4-8H2,1-3H3. The lowest BCUT2D eigenvalue weighted by molar-refractivity contribution is -0.160. The third-order valence-corrected chi connectivity index (χ3v) is 2.89. The van der Waals surface area contributed by atoms with Gasteiger partial charge in [0.05, 0.1) is 6.54 Å². The Balaban J connectivity index is 1.68. The van der Waals surface area contributed by atoms with E-state index >= 15 is 0 Å². The summed E-state index contributed by atoms with van der Waals surface area (Å²) >= 11 is 0. The number of carbonyl (C=O) groups excluding carboxylic acids is 1. The molecule has 0 amide bonds. The Labute approximate surface area is 91.0 Å². The summed E-state index contributed by atoms with van der Waals surface area (Å²) in [5, 5.41) is 3.27. The maximum absolute atomic E-state index is 11.5. The molecule has 1 N–H and O–H groups in total. The van der Waals surface area contributed by atoms with Gasteiger partial charge < -0.3 is 10.1 Å². The topological polar surface area (TPSA) is 41.6 Å². The molecule has 2 aliphatic heterocycles. The van der Waals surface area contributed by atoms with Crippen LogP contribution in [0.3, 0.4) is 0 Å². The molecule has 2 rings (SSSR count). The molecule has 4 heteroatoms. The molecule has 0 bridgehead atoms. The van der Waals surface area contributed by atoms with E-state index in [0.29, 0.717) is 12.0 Å². The molecule has 0 aromatic rings. The van der Waals surface area contributed by atoms with E-state index < -0.39 is 0 Å². The summed E-state index contributed by atoms with van der Waals surface area (Å²) in [6.07, 6.45) is 0. The van der Waals surface area contributed by atoms with Gasteiger partial charge in [-0.2, -0.15) is 0 Å². The Kier molecular flexibility index (Phi) is 2.51. The molecule has 86 valence electrons. The summed E-state index contributed by atoms with van der Waals surface area (Å²) in [6, 6.07) is 0. The van der Waals surface area contributed by atoms with Gasteiger partial charge in [0.25, 0.3) is 0 Å². The fraction of sp³-hybridized carbons (Fsp3) is 0.909. The minimum atomic E-state index is -0.363. The van der Waals surface area contributed by atoms with Crippen molar-refractivity contribution in [2.24, 2.45) is 5.41 Å². The molecule has 0 atom stereocenters. The van der Waals surface area contributed by atoms with Gasteiger partial charge in [-0.25, -0.2) is 0 Å². The number of ether oxygens (including phenoxy) is 1. The van der Waals surface area contributed by atoms with E-state index in [1.54, 1.807) is 0 Å². The van der Waals surface area contributed by atoms with Crippen molar-refractivity contribution in [3.8, 4) is 0 Å². The molecule has 2 saturated heterocycles. The smallest absolute Gasteiger partial charge is 0.320 e. The Morgan fingerprint density at radius 1 is 1.40 bits per heavy atom. The fourth-order valence-electron chi connectivity index (χ4n) is 2.27. The van der Waals surface area contributed by atoms with Crippen molar-refractivity contribution < 1.29 is 9.53 Å². The molecule has 0 aromatic carbocycles. The van der Waals surface area contributed by atoms with Gasteiger partial charge in [-0.1, -0.05) is 0 Å². The van der Waals surface area contributed by atoms with Gasteiger partial charge in [0.2, 0.25) is 0 Å². The van der Waals surface area contributed by atoms with Crippen molar-refractivity contribution in [2.45, 2.75) is 26.4 Å². The molecule has 1 spiro atoms. The second-order valence-electron chi connectivity index (χ2n) is 5.84. The molecule has 2 aliphatic rings. The summed E-state index contributed by atoms with van der Waals surface area (Å²) in [6.45, 7) is 10.4. The number of rotatable bonds is 2. The molecule has 0 unspecified atom stereocenters. The molecule has 0 radical (unpaired) electrons. The largest absolute Gasteiger partial charge is 0.459 e. The highest BCUT2D eigenvalue weighted by Gasteiger charge is 2.47. The van der Waals surface area contributed by atoms with Crippen LogP contribution in [0.4, 0.5) is 0 Å². The Hall–Kier alpha value is -0.610. The number of nitrogens with one attached hydrogen (secondary N) is 1. The summed E-state index contributed by atoms with van der Waals surface area (Å²) in [4.78, 5) is 13.7. The molecule has 2 heterocycles. The van der Waals surface area contributed by atoms with Gasteiger partial charge in [0, 0.05) is 31.6 Å². The zero-order valence-electron chi connectivity index (χ0n) is 9.80. The summed E-state index contributed by atoms with van der Waals surface area (Å²) in [5.41, 5.74) is 0.125. The number of hydrogen-bond acceptors (Lipinski definition) is 4. The van der Waals surface area contributed by atoms with E-state index in [1.807, 2.05) is 20.8 Å². The van der Waals surface area contributed by atoms with Crippen LogP contribution in [0.2, 0.25) is 0 Å². The maximum Gasteiger partial charge on any atom is 0.320 e. The highest BCUT2D eigenvalue weighted by atomic mass is 16.6. The van der Waals surface area contributed by atoms with Crippen molar-refractivity contribution >= 4 is 5.97 Å². The number of nitrogens with zero attached hydrogens (tertiary/aromatic N) is 1. The predicted octanol–water partition coefficient (Wildman–Crippen LogP) is 0.233. The van der Waals surface area contributed by atoms with Crippen molar-refractivity contribution in [1.29, 1.82) is 0 Å². The van der Waals surface area contributed by atoms with Crippen LogP contribution < -0.4 is 5.32 Å². The summed E-state index contributed by atoms with van der Waals surface area (Å²) in [5.74, 6) is -0.107. The Morgan fingerprint density at radius 2 is 2.00 bits per heavy atom. The molecular formula is C11H20N2O2. The van der Waals surface area contributed by atoms with Gasteiger partial charge in [-0.05, 0) is 20.8 Å². The molecule has 0 saturated carbocycles. The van der Waals surface area contributed by atoms with Crippen LogP contribution in [0.15, 0.2) is 0 Å². The van der Waals surface area contributed by atoms with E-state index in [-0.39, 0.29) is 11.6 Å². The van der Waals surface area contributed by atoms with E-state index in [2.05, 4.69) is 10.2 Å². The normalized spacial score (nSPS) is 24.5. The van der Waals surface area contributed by atoms with Crippen LogP contribution in [-0.2, 0) is 9.53 Å². The second-order valence-corrected chi connectivity index (χ2v) is 5.84. The van der Waals surface area contributed by atoms with Crippen LogP contribution in [0.5, 0.6) is 0 Å². The zero-order chi connectivity index (χ0) is 11.1. The number of carbonyl (C=O) groups is 1. The van der Waals surface area contributed by atoms with E-state index in [0.717, 1.165) is 26.2 Å². The third kappa shape index (κ3) is 2.49. The van der Waals surface area contributed by atoms with Crippen LogP contribution >= 0.6 is 0 Å². The molecular weight excluding hydrogens is 192 g/mol. The Morgan fingerprint density at radius 3 is 2.40 bits per heavy atom. The lowest BCUT2D eigenvalue weighted by atomic mass is 9.74. The average molecular weight is 212 g/mol. The SMILES string of the molecule is CC(C)(C)OC(=O)CN1CC2(CNC2)C1. The van der Waals surface area contributed by atoms with E-state index in [4.69, 9.17) is 4.74 Å². The van der Waals surface area contributed by atoms with Crippen molar-refractivity contribution in [3.63, 3.8) is 0 Å². The lowest BCUT2D eigenvalue weighted by Crippen LogP contribution is -2.71. The monoisotopic (exact) mass is 212 g/mol. The molecule has 2 fully saturated rings. The first-order valence-electron chi connectivity index (χ1n) is 5.54. The van der Waals surface area contributed by atoms with E-state index in [1.165, 1.54) is 0 Å². The first-order chi connectivity index (χ1) is 6.89. The van der Waals surface area contributed by atoms with Gasteiger partial charge in [0.15, 0.2) is 0 Å². The Bertz CT molecular complexity index is 258. The van der Waals surface area contributed by atoms with Crippen LogP contribution in [-0.4, -0.2) is 49.2 Å². The first kappa shape index (κ1) is 10.9. The quantitative estimate of drug-likeness (QED) is 0.665. The molecule has 4 nitrogen and oxygen atoms in total. The fourth-order valence-corrected chi connectivity index (χ4v) is 2.27. The third-order valence-electron chi connectivity index (χ3n) is 2.89. The van der Waals surface area contributed by atoms with E-state index in [9.17, 15) is 4.79 Å². The molecule has 0 aliphatic carbocycles. The lowest BCUT2D eigenvalue weighted by Gasteiger charge is -2.55. The van der Waals surface area contributed by atoms with Crippen LogP contribution in [0.1, 0.15) is 20.8 Å². The zero-order valence-corrected chi connectivity index (χ0v) is 9.80. The maximum atomic E-state index is 11.5. The van der Waals surface area contributed by atoms with Gasteiger partial charge in [-0.3, -0.25) is 9.69 Å². The molecule has 0 aromatic heterocycles. The molecule has 15 heavy (non-hydrogen) atoms. The van der Waals surface area contributed by atoms with Gasteiger partial charge in [-0.15, -0.1) is 0 Å². The average Bonchev–Trinajstić information content (AvgIpc) is 1.87. The minimum Gasteiger partial charge on any atom is -0.459 e. The van der Waals surface area contributed by atoms with Gasteiger partial charge >= 0.3 is 5.97 Å². The summed E-state index contributed by atoms with van der Waals surface area (Å²) < 4.78 is 5.27. The van der Waals surface area contributed by atoms with Crippen molar-refractivity contribution in [2.75, 3.05) is 32.7 Å². The van der Waals surface area contributed by atoms with Gasteiger partial charge in [0.1, 0.15) is 5.60 Å². The minimum absolute atomic E-state index is 0.107. The summed E-state index contributed by atoms with van der Waals surface area (Å²) in [7, 11) is 0. The second kappa shape index (κ2) is 3.46. The highest BCUT2D eigenvalue weighted by Crippen LogP contribution is 2.33. The van der Waals surface area contributed by atoms with Crippen LogP contribution in [0.25, 0.3) is 0 Å². The van der Waals surface area contributed by atoms with Crippen LogP contribution in [0, 0.1) is 5.41 Å². The number of esters is 1. The highest BCUT2D eigenvalue weighted by molar-refractivity contribution is 5.72. The number of likely N-dealkylation sites (tertiary alicyclic amines) is 1. The first-order valence-corrected chi connectivity index (χ1v) is 5.54. The van der Waals surface area contributed by atoms with Crippen molar-refractivity contribution in [1.82, 2.24) is 10.2 Å². The number of hydrogen-bond donors (Lipinski definition) is 1. The predicted molar refractivity (Wildman–Crippen MR) is 57.6 cm³/mol. The van der Waals surface area contributed by atoms with Crippen molar-refractivity contribution in [3.05, 3.63) is 0 Å².